The van der Waals surface area contributed by atoms with Crippen LogP contribution in [0.25, 0.3) is 0 Å². The summed E-state index contributed by atoms with van der Waals surface area (Å²) in [5.74, 6) is -1.37. The Morgan fingerprint density at radius 3 is 2.11 bits per heavy atom. The molecule has 8 N–H and O–H groups in total. The second-order valence-electron chi connectivity index (χ2n) is 6.33. The Morgan fingerprint density at radius 1 is 1.07 bits per heavy atom. The summed E-state index contributed by atoms with van der Waals surface area (Å²) in [7, 11) is 0. The van der Waals surface area contributed by atoms with Gasteiger partial charge in [-0.05, 0) is 13.3 Å². The number of Topliss-reactive ketones (excluding diaryl/α,β-unsaturated/α-hetero) is 1. The second kappa shape index (κ2) is 10.4. The summed E-state index contributed by atoms with van der Waals surface area (Å²) in [6.45, 7) is 1.63. The molecule has 0 saturated carbocycles. The molecule has 8 atom stereocenters. The lowest BCUT2D eigenvalue weighted by molar-refractivity contribution is -0.313. The van der Waals surface area contributed by atoms with Gasteiger partial charge < -0.3 is 50.5 Å². The smallest absolute Gasteiger partial charge is 0.217 e. The normalized spacial score (nSPS) is 32.0. The molecule has 0 aromatic rings. The van der Waals surface area contributed by atoms with E-state index in [9.17, 15) is 40.2 Å². The average molecular weight is 397 g/mol. The number of carbonyl (C=O) groups is 2. The Balaban J connectivity index is 3.11. The SMILES string of the molecule is CC(=O)N[C@H](C(O)O)C(OC1OC(C(C)=O)[C@@H](O)C(O)[C@@H]1O)[C@H](O)CCO. The van der Waals surface area contributed by atoms with E-state index in [0.717, 1.165) is 13.8 Å². The van der Waals surface area contributed by atoms with Gasteiger partial charge in [-0.1, -0.05) is 0 Å². The van der Waals surface area contributed by atoms with E-state index in [1.165, 1.54) is 0 Å². The predicted molar refractivity (Wildman–Crippen MR) is 85.8 cm³/mol. The van der Waals surface area contributed by atoms with Crippen LogP contribution < -0.4 is 5.32 Å². The molecule has 27 heavy (non-hydrogen) atoms. The third-order valence-electron chi connectivity index (χ3n) is 4.11. The highest BCUT2D eigenvalue weighted by Crippen LogP contribution is 2.26. The Kier molecular flexibility index (Phi) is 9.14. The van der Waals surface area contributed by atoms with Gasteiger partial charge in [0.2, 0.25) is 5.91 Å². The molecule has 0 spiro atoms. The van der Waals surface area contributed by atoms with Crippen molar-refractivity contribution >= 4 is 11.7 Å². The van der Waals surface area contributed by atoms with Crippen LogP contribution in [0.2, 0.25) is 0 Å². The number of ketones is 1. The number of nitrogens with one attached hydrogen (secondary N) is 1. The van der Waals surface area contributed by atoms with Gasteiger partial charge in [-0.3, -0.25) is 9.59 Å². The standard InChI is InChI=1S/C15H27NO11/c1-5(18)12-10(22)9(21)11(23)15(26-12)27-13(7(20)3-4-17)8(14(24)25)16-6(2)19/h7-15,17,20-25H,3-4H2,1-2H3,(H,16,19)/t7-,8+,9?,10+,11+,12?,13?,15?/m1/s1. The summed E-state index contributed by atoms with van der Waals surface area (Å²) in [5, 5.41) is 70.1. The fourth-order valence-corrected chi connectivity index (χ4v) is 2.72. The van der Waals surface area contributed by atoms with Gasteiger partial charge in [0.25, 0.3) is 0 Å². The lowest BCUT2D eigenvalue weighted by Crippen LogP contribution is -2.63. The van der Waals surface area contributed by atoms with Crippen molar-refractivity contribution in [2.45, 2.75) is 75.5 Å². The average Bonchev–Trinajstić information content (AvgIpc) is 2.57. The molecule has 158 valence electrons. The van der Waals surface area contributed by atoms with E-state index in [0.29, 0.717) is 0 Å². The molecule has 0 bridgehead atoms. The number of aliphatic hydroxyl groups is 7. The van der Waals surface area contributed by atoms with Gasteiger partial charge >= 0.3 is 0 Å². The minimum Gasteiger partial charge on any atom is -0.396 e. The fraction of sp³-hybridized carbons (Fsp3) is 0.867. The molecule has 1 heterocycles. The number of hydrogen-bond acceptors (Lipinski definition) is 11. The van der Waals surface area contributed by atoms with Crippen LogP contribution >= 0.6 is 0 Å². The predicted octanol–water partition coefficient (Wildman–Crippen LogP) is -4.67. The minimum absolute atomic E-state index is 0.294. The zero-order chi connectivity index (χ0) is 20.9. The molecule has 1 aliphatic rings. The molecule has 0 aliphatic carbocycles. The highest BCUT2D eigenvalue weighted by atomic mass is 16.7. The minimum atomic E-state index is -2.20. The molecule has 1 rings (SSSR count). The first-order valence-electron chi connectivity index (χ1n) is 8.29. The number of ether oxygens (including phenoxy) is 2. The molecular weight excluding hydrogens is 370 g/mol. The Labute approximate surface area is 155 Å². The Hall–Kier alpha value is -1.22. The van der Waals surface area contributed by atoms with Crippen molar-refractivity contribution in [1.29, 1.82) is 0 Å². The summed E-state index contributed by atoms with van der Waals surface area (Å²) >= 11 is 0. The largest absolute Gasteiger partial charge is 0.396 e. The van der Waals surface area contributed by atoms with Crippen molar-refractivity contribution < 1.29 is 54.8 Å². The maximum Gasteiger partial charge on any atom is 0.217 e. The van der Waals surface area contributed by atoms with Gasteiger partial charge in [0.15, 0.2) is 18.4 Å². The topological polar surface area (TPSA) is 206 Å². The van der Waals surface area contributed by atoms with E-state index in [1.807, 2.05) is 0 Å². The highest BCUT2D eigenvalue weighted by Gasteiger charge is 2.48. The molecule has 0 aromatic carbocycles. The van der Waals surface area contributed by atoms with Crippen LogP contribution in [0.1, 0.15) is 20.3 Å². The summed E-state index contributed by atoms with van der Waals surface area (Å²) < 4.78 is 10.5. The van der Waals surface area contributed by atoms with E-state index >= 15 is 0 Å². The summed E-state index contributed by atoms with van der Waals surface area (Å²) in [6.07, 6.45) is -14.4. The van der Waals surface area contributed by atoms with Crippen LogP contribution in [-0.2, 0) is 19.1 Å². The summed E-state index contributed by atoms with van der Waals surface area (Å²) in [6, 6.07) is -1.60. The number of carbonyl (C=O) groups excluding carboxylic acids is 2. The van der Waals surface area contributed by atoms with E-state index in [1.54, 1.807) is 0 Å². The molecule has 1 fully saturated rings. The second-order valence-corrected chi connectivity index (χ2v) is 6.33. The molecule has 1 saturated heterocycles. The Morgan fingerprint density at radius 2 is 1.67 bits per heavy atom. The van der Waals surface area contributed by atoms with Crippen molar-refractivity contribution in [2.24, 2.45) is 0 Å². The Bertz CT molecular complexity index is 502. The maximum absolute atomic E-state index is 11.6. The number of amides is 1. The molecule has 4 unspecified atom stereocenters. The molecule has 12 heteroatoms. The molecular formula is C15H27NO11. The van der Waals surface area contributed by atoms with Crippen LogP contribution in [0, 0.1) is 0 Å². The van der Waals surface area contributed by atoms with Gasteiger partial charge in [-0.25, -0.2) is 0 Å². The molecule has 0 aromatic heterocycles. The first-order valence-corrected chi connectivity index (χ1v) is 8.29. The monoisotopic (exact) mass is 397 g/mol. The van der Waals surface area contributed by atoms with Gasteiger partial charge in [0.05, 0.1) is 6.10 Å². The van der Waals surface area contributed by atoms with Gasteiger partial charge in [0.1, 0.15) is 36.6 Å². The maximum atomic E-state index is 11.6. The lowest BCUT2D eigenvalue weighted by atomic mass is 9.96. The van der Waals surface area contributed by atoms with Gasteiger partial charge in [0, 0.05) is 13.5 Å². The lowest BCUT2D eigenvalue weighted by Gasteiger charge is -2.42. The zero-order valence-corrected chi connectivity index (χ0v) is 14.9. The van der Waals surface area contributed by atoms with Crippen molar-refractivity contribution in [2.75, 3.05) is 6.61 Å². The van der Waals surface area contributed by atoms with Crippen molar-refractivity contribution in [3.8, 4) is 0 Å². The fourth-order valence-electron chi connectivity index (χ4n) is 2.72. The molecule has 1 amide bonds. The molecule has 12 nitrogen and oxygen atoms in total. The zero-order valence-electron chi connectivity index (χ0n) is 14.9. The summed E-state index contributed by atoms with van der Waals surface area (Å²) in [4.78, 5) is 22.9. The summed E-state index contributed by atoms with van der Waals surface area (Å²) in [5.41, 5.74) is 0. The third kappa shape index (κ3) is 6.14. The van der Waals surface area contributed by atoms with Crippen LogP contribution in [0.4, 0.5) is 0 Å². The number of hydrogen-bond donors (Lipinski definition) is 8. The van der Waals surface area contributed by atoms with E-state index < -0.39 is 73.5 Å². The quantitative estimate of drug-likeness (QED) is 0.173. The van der Waals surface area contributed by atoms with Gasteiger partial charge in [-0.2, -0.15) is 0 Å². The first-order chi connectivity index (χ1) is 12.5. The van der Waals surface area contributed by atoms with E-state index in [2.05, 4.69) is 5.32 Å². The van der Waals surface area contributed by atoms with Crippen molar-refractivity contribution in [1.82, 2.24) is 5.32 Å². The van der Waals surface area contributed by atoms with Gasteiger partial charge in [-0.15, -0.1) is 0 Å². The van der Waals surface area contributed by atoms with Crippen LogP contribution in [-0.4, -0.2) is 109 Å². The molecule has 0 radical (unpaired) electrons. The highest BCUT2D eigenvalue weighted by molar-refractivity contribution is 5.81. The van der Waals surface area contributed by atoms with Crippen LogP contribution in [0.15, 0.2) is 0 Å². The first kappa shape index (κ1) is 23.8. The van der Waals surface area contributed by atoms with E-state index in [4.69, 9.17) is 14.6 Å². The number of rotatable bonds is 9. The van der Waals surface area contributed by atoms with Crippen LogP contribution in [0.5, 0.6) is 0 Å². The van der Waals surface area contributed by atoms with Crippen molar-refractivity contribution in [3.63, 3.8) is 0 Å². The number of aliphatic hydroxyl groups excluding tert-OH is 6. The van der Waals surface area contributed by atoms with Crippen molar-refractivity contribution in [3.05, 3.63) is 0 Å². The van der Waals surface area contributed by atoms with Crippen LogP contribution in [0.3, 0.4) is 0 Å². The molecule has 1 aliphatic heterocycles. The van der Waals surface area contributed by atoms with E-state index in [-0.39, 0.29) is 6.42 Å². The third-order valence-corrected chi connectivity index (χ3v) is 4.11.